The number of hydrogen-bond donors (Lipinski definition) is 1. The van der Waals surface area contributed by atoms with Gasteiger partial charge >= 0.3 is 0 Å². The van der Waals surface area contributed by atoms with Gasteiger partial charge < -0.3 is 14.5 Å². The number of halogens is 1. The van der Waals surface area contributed by atoms with Crippen LogP contribution >= 0.6 is 11.6 Å². The quantitative estimate of drug-likeness (QED) is 0.299. The third kappa shape index (κ3) is 4.81. The van der Waals surface area contributed by atoms with Gasteiger partial charge in [-0.3, -0.25) is 4.79 Å². The Labute approximate surface area is 198 Å². The lowest BCUT2D eigenvalue weighted by Gasteiger charge is -2.12. The van der Waals surface area contributed by atoms with E-state index in [2.05, 4.69) is 5.32 Å². The van der Waals surface area contributed by atoms with Gasteiger partial charge in [-0.2, -0.15) is 0 Å². The molecule has 168 valence electrons. The number of carbonyl (C=O) groups is 1. The Morgan fingerprint density at radius 3 is 2.61 bits per heavy atom. The van der Waals surface area contributed by atoms with Crippen LogP contribution in [0.4, 0.5) is 5.69 Å². The second-order valence-corrected chi connectivity index (χ2v) is 8.43. The van der Waals surface area contributed by atoms with E-state index in [1.807, 2.05) is 82.3 Å². The first kappa shape index (κ1) is 22.7. The number of fused-ring (bicyclic) bond motifs is 1. The van der Waals surface area contributed by atoms with Gasteiger partial charge in [0.05, 0.1) is 12.9 Å². The molecule has 3 aromatic carbocycles. The van der Waals surface area contributed by atoms with Gasteiger partial charge in [0.25, 0.3) is 0 Å². The number of anilines is 1. The molecule has 4 rings (SSSR count). The van der Waals surface area contributed by atoms with Crippen LogP contribution < -0.4 is 10.1 Å². The molecule has 1 aromatic heterocycles. The minimum atomic E-state index is -0.186. The maximum atomic E-state index is 12.8. The predicted molar refractivity (Wildman–Crippen MR) is 136 cm³/mol. The SMILES string of the molecule is CCOc1cc2occ(-c3ccc(Cl)cc3)c2cc1/C(C)=C/C(=O)Nc1cccc(C)c1C. The molecule has 1 N–H and O–H groups in total. The van der Waals surface area contributed by atoms with E-state index in [-0.39, 0.29) is 5.91 Å². The summed E-state index contributed by atoms with van der Waals surface area (Å²) >= 11 is 6.05. The Kier molecular flexibility index (Phi) is 6.57. The van der Waals surface area contributed by atoms with Gasteiger partial charge in [0, 0.05) is 39.4 Å². The highest BCUT2D eigenvalue weighted by Crippen LogP contribution is 2.37. The van der Waals surface area contributed by atoms with Crippen LogP contribution in [0.25, 0.3) is 27.7 Å². The highest BCUT2D eigenvalue weighted by atomic mass is 35.5. The van der Waals surface area contributed by atoms with Gasteiger partial charge in [0.2, 0.25) is 5.91 Å². The van der Waals surface area contributed by atoms with Crippen molar-refractivity contribution in [1.29, 1.82) is 0 Å². The number of ether oxygens (including phenoxy) is 1. The van der Waals surface area contributed by atoms with Crippen molar-refractivity contribution in [3.8, 4) is 16.9 Å². The van der Waals surface area contributed by atoms with Gasteiger partial charge in [0.1, 0.15) is 11.3 Å². The number of aryl methyl sites for hydroxylation is 1. The molecule has 0 spiro atoms. The Hall–Kier alpha value is -3.50. The molecule has 0 atom stereocenters. The number of furan rings is 1. The first-order chi connectivity index (χ1) is 15.9. The fourth-order valence-electron chi connectivity index (χ4n) is 3.82. The first-order valence-electron chi connectivity index (χ1n) is 10.9. The fourth-order valence-corrected chi connectivity index (χ4v) is 3.95. The average molecular weight is 460 g/mol. The van der Waals surface area contributed by atoms with E-state index >= 15 is 0 Å². The summed E-state index contributed by atoms with van der Waals surface area (Å²) in [5.74, 6) is 0.490. The number of carbonyl (C=O) groups excluding carboxylic acids is 1. The fraction of sp³-hybridized carbons (Fsp3) is 0.179. The summed E-state index contributed by atoms with van der Waals surface area (Å²) in [7, 11) is 0. The zero-order chi connectivity index (χ0) is 23.5. The van der Waals surface area contributed by atoms with Gasteiger partial charge in [-0.05, 0) is 74.2 Å². The van der Waals surface area contributed by atoms with Crippen molar-refractivity contribution in [3.63, 3.8) is 0 Å². The Bertz CT molecular complexity index is 1350. The van der Waals surface area contributed by atoms with Gasteiger partial charge in [-0.1, -0.05) is 35.9 Å². The molecule has 0 saturated heterocycles. The molecule has 4 nitrogen and oxygen atoms in total. The number of hydrogen-bond acceptors (Lipinski definition) is 3. The van der Waals surface area contributed by atoms with Crippen molar-refractivity contribution >= 4 is 39.7 Å². The number of rotatable bonds is 6. The van der Waals surface area contributed by atoms with Crippen LogP contribution in [0.3, 0.4) is 0 Å². The normalized spacial score (nSPS) is 11.6. The summed E-state index contributed by atoms with van der Waals surface area (Å²) in [5, 5.41) is 4.61. The predicted octanol–water partition coefficient (Wildman–Crippen LogP) is 7.81. The summed E-state index contributed by atoms with van der Waals surface area (Å²) in [6.45, 7) is 8.37. The van der Waals surface area contributed by atoms with Crippen molar-refractivity contribution < 1.29 is 13.9 Å². The van der Waals surface area contributed by atoms with Crippen molar-refractivity contribution in [2.24, 2.45) is 0 Å². The van der Waals surface area contributed by atoms with E-state index < -0.39 is 0 Å². The van der Waals surface area contributed by atoms with Crippen LogP contribution in [0.2, 0.25) is 5.02 Å². The molecule has 0 fully saturated rings. The van der Waals surface area contributed by atoms with Crippen LogP contribution in [0.1, 0.15) is 30.5 Å². The lowest BCUT2D eigenvalue weighted by Crippen LogP contribution is -2.10. The highest BCUT2D eigenvalue weighted by Gasteiger charge is 2.15. The topological polar surface area (TPSA) is 51.5 Å². The second-order valence-electron chi connectivity index (χ2n) is 8.00. The molecule has 0 aliphatic heterocycles. The summed E-state index contributed by atoms with van der Waals surface area (Å²) in [5.41, 5.74) is 7.32. The summed E-state index contributed by atoms with van der Waals surface area (Å²) < 4.78 is 11.7. The second kappa shape index (κ2) is 9.55. The van der Waals surface area contributed by atoms with Crippen molar-refractivity contribution in [3.05, 3.63) is 88.6 Å². The maximum Gasteiger partial charge on any atom is 0.248 e. The molecule has 0 aliphatic carbocycles. The molecular weight excluding hydrogens is 434 g/mol. The minimum absolute atomic E-state index is 0.186. The Morgan fingerprint density at radius 1 is 1.12 bits per heavy atom. The van der Waals surface area contributed by atoms with Crippen molar-refractivity contribution in [2.75, 3.05) is 11.9 Å². The molecular formula is C28H26ClNO3. The van der Waals surface area contributed by atoms with Gasteiger partial charge in [-0.25, -0.2) is 0 Å². The molecule has 0 radical (unpaired) electrons. The van der Waals surface area contributed by atoms with E-state index in [1.165, 1.54) is 0 Å². The van der Waals surface area contributed by atoms with Crippen molar-refractivity contribution in [2.45, 2.75) is 27.7 Å². The highest BCUT2D eigenvalue weighted by molar-refractivity contribution is 6.30. The zero-order valence-corrected chi connectivity index (χ0v) is 19.9. The first-order valence-corrected chi connectivity index (χ1v) is 11.2. The summed E-state index contributed by atoms with van der Waals surface area (Å²) in [6, 6.07) is 17.4. The van der Waals surface area contributed by atoms with Crippen molar-refractivity contribution in [1.82, 2.24) is 0 Å². The Morgan fingerprint density at radius 2 is 1.88 bits per heavy atom. The van der Waals surface area contributed by atoms with Gasteiger partial charge in [-0.15, -0.1) is 0 Å². The molecule has 33 heavy (non-hydrogen) atoms. The van der Waals surface area contributed by atoms with Crippen LogP contribution in [0, 0.1) is 13.8 Å². The average Bonchev–Trinajstić information content (AvgIpc) is 3.20. The third-order valence-corrected chi connectivity index (χ3v) is 6.02. The van der Waals surface area contributed by atoms with E-state index in [4.69, 9.17) is 20.8 Å². The van der Waals surface area contributed by atoms with Crippen LogP contribution in [0.15, 0.2) is 71.4 Å². The van der Waals surface area contributed by atoms with Crippen LogP contribution in [0.5, 0.6) is 5.75 Å². The lowest BCUT2D eigenvalue weighted by molar-refractivity contribution is -0.111. The molecule has 0 saturated carbocycles. The number of benzene rings is 3. The molecule has 1 amide bonds. The van der Waals surface area contributed by atoms with Crippen LogP contribution in [-0.2, 0) is 4.79 Å². The molecule has 0 aliphatic rings. The molecule has 4 aromatic rings. The maximum absolute atomic E-state index is 12.8. The molecule has 0 unspecified atom stereocenters. The monoisotopic (exact) mass is 459 g/mol. The van der Waals surface area contributed by atoms with E-state index in [0.29, 0.717) is 17.4 Å². The van der Waals surface area contributed by atoms with E-state index in [9.17, 15) is 4.79 Å². The van der Waals surface area contributed by atoms with E-state index in [1.54, 1.807) is 12.3 Å². The number of nitrogens with one attached hydrogen (secondary N) is 1. The smallest absolute Gasteiger partial charge is 0.248 e. The Balaban J connectivity index is 1.73. The largest absolute Gasteiger partial charge is 0.493 e. The molecule has 5 heteroatoms. The molecule has 0 bridgehead atoms. The van der Waals surface area contributed by atoms with Crippen LogP contribution in [-0.4, -0.2) is 12.5 Å². The molecule has 1 heterocycles. The minimum Gasteiger partial charge on any atom is -0.493 e. The third-order valence-electron chi connectivity index (χ3n) is 5.77. The van der Waals surface area contributed by atoms with Gasteiger partial charge in [0.15, 0.2) is 0 Å². The lowest BCUT2D eigenvalue weighted by atomic mass is 9.99. The number of amides is 1. The van der Waals surface area contributed by atoms with E-state index in [0.717, 1.165) is 50.0 Å². The summed E-state index contributed by atoms with van der Waals surface area (Å²) in [4.78, 5) is 12.8. The summed E-state index contributed by atoms with van der Waals surface area (Å²) in [6.07, 6.45) is 3.34. The standard InChI is InChI=1S/C28H26ClNO3/c1-5-32-26-15-27-23(24(16-33-27)20-9-11-21(29)12-10-20)14-22(26)18(3)13-28(31)30-25-8-6-7-17(2)19(25)4/h6-16H,5H2,1-4H3,(H,30,31)/b18-13+. The zero-order valence-electron chi connectivity index (χ0n) is 19.2. The number of allylic oxidation sites excluding steroid dienone is 1.